The molecule has 2 atom stereocenters. The lowest BCUT2D eigenvalue weighted by Crippen LogP contribution is -2.41. The van der Waals surface area contributed by atoms with E-state index < -0.39 is 0 Å². The highest BCUT2D eigenvalue weighted by Gasteiger charge is 2.20. The van der Waals surface area contributed by atoms with Crippen molar-refractivity contribution in [3.63, 3.8) is 0 Å². The largest absolute Gasteiger partial charge is 0.486 e. The fourth-order valence-corrected chi connectivity index (χ4v) is 2.14. The first kappa shape index (κ1) is 15.0. The van der Waals surface area contributed by atoms with Crippen molar-refractivity contribution < 1.29 is 9.13 Å². The standard InChI is InChI=1S/C15H24FNO/c1-5-7-13(17-4)14(6-2)18-15-10-11(3)8-9-12(15)16/h8-10,13-14,17H,5-7H2,1-4H3. The molecule has 0 saturated carbocycles. The van der Waals surface area contributed by atoms with E-state index >= 15 is 0 Å². The van der Waals surface area contributed by atoms with Gasteiger partial charge in [-0.15, -0.1) is 0 Å². The molecule has 102 valence electrons. The van der Waals surface area contributed by atoms with Gasteiger partial charge in [0.15, 0.2) is 11.6 Å². The van der Waals surface area contributed by atoms with E-state index in [0.717, 1.165) is 24.8 Å². The van der Waals surface area contributed by atoms with Crippen molar-refractivity contribution in [3.8, 4) is 5.75 Å². The molecule has 0 saturated heterocycles. The van der Waals surface area contributed by atoms with Crippen molar-refractivity contribution in [2.75, 3.05) is 7.05 Å². The monoisotopic (exact) mass is 253 g/mol. The average Bonchev–Trinajstić information content (AvgIpc) is 2.37. The van der Waals surface area contributed by atoms with Gasteiger partial charge < -0.3 is 10.1 Å². The van der Waals surface area contributed by atoms with Gasteiger partial charge in [0.1, 0.15) is 6.10 Å². The van der Waals surface area contributed by atoms with E-state index in [1.807, 2.05) is 14.0 Å². The maximum absolute atomic E-state index is 13.7. The van der Waals surface area contributed by atoms with Crippen LogP contribution in [0.2, 0.25) is 0 Å². The minimum absolute atomic E-state index is 0.00579. The molecule has 0 bridgehead atoms. The van der Waals surface area contributed by atoms with E-state index in [9.17, 15) is 4.39 Å². The Labute approximate surface area is 110 Å². The van der Waals surface area contributed by atoms with Gasteiger partial charge in [-0.1, -0.05) is 26.3 Å². The van der Waals surface area contributed by atoms with Crippen LogP contribution in [0.3, 0.4) is 0 Å². The maximum Gasteiger partial charge on any atom is 0.165 e. The summed E-state index contributed by atoms with van der Waals surface area (Å²) >= 11 is 0. The molecule has 0 aliphatic rings. The second-order valence-electron chi connectivity index (χ2n) is 4.68. The molecule has 1 N–H and O–H groups in total. The first-order valence-electron chi connectivity index (χ1n) is 6.72. The Hall–Kier alpha value is -1.09. The van der Waals surface area contributed by atoms with Crippen molar-refractivity contribution in [3.05, 3.63) is 29.6 Å². The molecule has 2 unspecified atom stereocenters. The predicted molar refractivity (Wildman–Crippen MR) is 73.6 cm³/mol. The molecular weight excluding hydrogens is 229 g/mol. The molecular formula is C15H24FNO. The molecule has 2 nitrogen and oxygen atoms in total. The highest BCUT2D eigenvalue weighted by atomic mass is 19.1. The van der Waals surface area contributed by atoms with E-state index in [1.165, 1.54) is 6.07 Å². The Balaban J connectivity index is 2.81. The van der Waals surface area contributed by atoms with E-state index in [4.69, 9.17) is 4.74 Å². The third-order valence-corrected chi connectivity index (χ3v) is 3.19. The minimum Gasteiger partial charge on any atom is -0.486 e. The summed E-state index contributed by atoms with van der Waals surface area (Å²) < 4.78 is 19.5. The first-order valence-corrected chi connectivity index (χ1v) is 6.72. The number of hydrogen-bond donors (Lipinski definition) is 1. The number of aryl methyl sites for hydroxylation is 1. The quantitative estimate of drug-likeness (QED) is 0.800. The molecule has 1 aromatic carbocycles. The molecule has 0 aliphatic heterocycles. The summed E-state index contributed by atoms with van der Waals surface area (Å²) in [4.78, 5) is 0. The van der Waals surface area contributed by atoms with Crippen LogP contribution in [-0.2, 0) is 0 Å². The Kier molecular flexibility index (Phi) is 6.13. The molecule has 0 aromatic heterocycles. The van der Waals surface area contributed by atoms with Gasteiger partial charge in [-0.3, -0.25) is 0 Å². The third kappa shape index (κ3) is 3.98. The van der Waals surface area contributed by atoms with Crippen molar-refractivity contribution in [1.82, 2.24) is 5.32 Å². The van der Waals surface area contributed by atoms with Gasteiger partial charge in [-0.25, -0.2) is 4.39 Å². The number of benzene rings is 1. The predicted octanol–water partition coefficient (Wildman–Crippen LogP) is 3.68. The second kappa shape index (κ2) is 7.37. The summed E-state index contributed by atoms with van der Waals surface area (Å²) in [5.41, 5.74) is 1.01. The second-order valence-corrected chi connectivity index (χ2v) is 4.68. The van der Waals surface area contributed by atoms with Crippen LogP contribution in [0.1, 0.15) is 38.7 Å². The number of hydrogen-bond acceptors (Lipinski definition) is 2. The van der Waals surface area contributed by atoms with Gasteiger partial charge in [0, 0.05) is 6.04 Å². The summed E-state index contributed by atoms with van der Waals surface area (Å²) in [6.07, 6.45) is 2.98. The zero-order chi connectivity index (χ0) is 13.5. The molecule has 0 fully saturated rings. The van der Waals surface area contributed by atoms with Crippen LogP contribution in [0.15, 0.2) is 18.2 Å². The Morgan fingerprint density at radius 2 is 2.06 bits per heavy atom. The minimum atomic E-state index is -0.287. The van der Waals surface area contributed by atoms with Gasteiger partial charge in [0.2, 0.25) is 0 Å². The van der Waals surface area contributed by atoms with E-state index in [-0.39, 0.29) is 18.0 Å². The van der Waals surface area contributed by atoms with E-state index in [1.54, 1.807) is 12.1 Å². The van der Waals surface area contributed by atoms with Gasteiger partial charge >= 0.3 is 0 Å². The first-order chi connectivity index (χ1) is 8.62. The normalized spacial score (nSPS) is 14.3. The zero-order valence-corrected chi connectivity index (χ0v) is 11.8. The average molecular weight is 253 g/mol. The third-order valence-electron chi connectivity index (χ3n) is 3.19. The smallest absolute Gasteiger partial charge is 0.165 e. The zero-order valence-electron chi connectivity index (χ0n) is 11.8. The Bertz CT molecular complexity index is 368. The Morgan fingerprint density at radius 1 is 1.33 bits per heavy atom. The topological polar surface area (TPSA) is 21.3 Å². The van der Waals surface area contributed by atoms with Crippen LogP contribution in [0.25, 0.3) is 0 Å². The van der Waals surface area contributed by atoms with Crippen LogP contribution in [0, 0.1) is 12.7 Å². The van der Waals surface area contributed by atoms with Crippen LogP contribution in [0.5, 0.6) is 5.75 Å². The molecule has 0 heterocycles. The van der Waals surface area contributed by atoms with Gasteiger partial charge in [0.25, 0.3) is 0 Å². The molecule has 1 rings (SSSR count). The maximum atomic E-state index is 13.7. The molecule has 0 spiro atoms. The number of nitrogens with one attached hydrogen (secondary N) is 1. The SMILES string of the molecule is CCCC(NC)C(CC)Oc1cc(C)ccc1F. The molecule has 0 aliphatic carbocycles. The van der Waals surface area contributed by atoms with Crippen LogP contribution < -0.4 is 10.1 Å². The summed E-state index contributed by atoms with van der Waals surface area (Å²) in [7, 11) is 1.93. The van der Waals surface area contributed by atoms with Crippen molar-refractivity contribution in [2.45, 2.75) is 52.2 Å². The highest BCUT2D eigenvalue weighted by molar-refractivity contribution is 5.29. The summed E-state index contributed by atoms with van der Waals surface area (Å²) in [6, 6.07) is 5.24. The Morgan fingerprint density at radius 3 is 2.61 bits per heavy atom. The fourth-order valence-electron chi connectivity index (χ4n) is 2.14. The van der Waals surface area contributed by atoms with Crippen LogP contribution >= 0.6 is 0 Å². The summed E-state index contributed by atoms with van der Waals surface area (Å²) in [6.45, 7) is 6.15. The van der Waals surface area contributed by atoms with E-state index in [0.29, 0.717) is 5.75 Å². The molecule has 0 radical (unpaired) electrons. The number of halogens is 1. The lowest BCUT2D eigenvalue weighted by atomic mass is 10.0. The highest BCUT2D eigenvalue weighted by Crippen LogP contribution is 2.22. The van der Waals surface area contributed by atoms with E-state index in [2.05, 4.69) is 19.2 Å². The lowest BCUT2D eigenvalue weighted by Gasteiger charge is -2.27. The summed E-state index contributed by atoms with van der Waals surface area (Å²) in [5.74, 6) is 0.0728. The van der Waals surface area contributed by atoms with Crippen LogP contribution in [-0.4, -0.2) is 19.2 Å². The number of ether oxygens (including phenoxy) is 1. The van der Waals surface area contributed by atoms with Crippen molar-refractivity contribution >= 4 is 0 Å². The molecule has 3 heteroatoms. The van der Waals surface area contributed by atoms with Crippen molar-refractivity contribution in [2.24, 2.45) is 0 Å². The van der Waals surface area contributed by atoms with Gasteiger partial charge in [0.05, 0.1) is 0 Å². The molecule has 18 heavy (non-hydrogen) atoms. The summed E-state index contributed by atoms with van der Waals surface area (Å²) in [5, 5.41) is 3.26. The molecule has 1 aromatic rings. The number of rotatable bonds is 7. The van der Waals surface area contributed by atoms with Crippen molar-refractivity contribution in [1.29, 1.82) is 0 Å². The van der Waals surface area contributed by atoms with Crippen LogP contribution in [0.4, 0.5) is 4.39 Å². The molecule has 0 amide bonds. The fraction of sp³-hybridized carbons (Fsp3) is 0.600. The number of likely N-dealkylation sites (N-methyl/N-ethyl adjacent to an activating group) is 1. The van der Waals surface area contributed by atoms with Gasteiger partial charge in [-0.2, -0.15) is 0 Å². The van der Waals surface area contributed by atoms with Gasteiger partial charge in [-0.05, 0) is 44.5 Å². The lowest BCUT2D eigenvalue weighted by molar-refractivity contribution is 0.141.